The average molecular weight is 412 g/mol. The van der Waals surface area contributed by atoms with E-state index in [2.05, 4.69) is 5.32 Å². The van der Waals surface area contributed by atoms with Crippen molar-refractivity contribution in [3.05, 3.63) is 29.3 Å². The highest BCUT2D eigenvalue weighted by Gasteiger charge is 2.22. The highest BCUT2D eigenvalue weighted by molar-refractivity contribution is 6.33. The molecule has 1 aromatic rings. The molecule has 1 aliphatic rings. The van der Waals surface area contributed by atoms with E-state index in [1.54, 1.807) is 12.1 Å². The maximum atomic E-state index is 12.1. The van der Waals surface area contributed by atoms with E-state index >= 15 is 0 Å². The number of nitrogens with one attached hydrogen (secondary N) is 1. The van der Waals surface area contributed by atoms with Crippen molar-refractivity contribution in [2.24, 2.45) is 5.73 Å². The number of hydrogen-bond donors (Lipinski definition) is 2. The van der Waals surface area contributed by atoms with Crippen molar-refractivity contribution >= 4 is 53.9 Å². The number of nitrogens with two attached hydrogens (primary N) is 1. The molecular weight excluding hydrogens is 387 g/mol. The third-order valence-corrected chi connectivity index (χ3v) is 4.16. The van der Waals surface area contributed by atoms with Gasteiger partial charge < -0.3 is 16.0 Å². The van der Waals surface area contributed by atoms with Crippen LogP contribution in [0.1, 0.15) is 12.8 Å². The van der Waals surface area contributed by atoms with E-state index in [9.17, 15) is 9.59 Å². The number of benzene rings is 1. The zero-order valence-corrected chi connectivity index (χ0v) is 16.3. The van der Waals surface area contributed by atoms with Gasteiger partial charge in [-0.15, -0.1) is 24.8 Å². The number of halogens is 3. The van der Waals surface area contributed by atoms with Crippen LogP contribution in [0.4, 0.5) is 5.69 Å². The molecule has 0 aliphatic carbocycles. The molecule has 1 aromatic carbocycles. The van der Waals surface area contributed by atoms with E-state index in [-0.39, 0.29) is 36.6 Å². The Kier molecular flexibility index (Phi) is 11.8. The molecule has 0 unspecified atom stereocenters. The Balaban J connectivity index is 0.00000288. The number of rotatable bonds is 6. The lowest BCUT2D eigenvalue weighted by Gasteiger charge is -2.34. The molecule has 1 fully saturated rings. The summed E-state index contributed by atoms with van der Waals surface area (Å²) in [7, 11) is 0. The van der Waals surface area contributed by atoms with Gasteiger partial charge in [0.1, 0.15) is 0 Å². The molecule has 0 aromatic heterocycles. The van der Waals surface area contributed by atoms with Gasteiger partial charge in [-0.25, -0.2) is 0 Å². The SMILES string of the molecule is Cl.Cl.NCCCC(=O)N1CCN(CC(=O)Nc2ccccc2Cl)CC1. The number of hydrogen-bond acceptors (Lipinski definition) is 4. The topological polar surface area (TPSA) is 78.7 Å². The molecule has 2 amide bonds. The normalized spacial score (nSPS) is 14.2. The first-order valence-electron chi connectivity index (χ1n) is 7.84. The minimum absolute atomic E-state index is 0. The molecule has 1 heterocycles. The third kappa shape index (κ3) is 7.79. The molecule has 3 N–H and O–H groups in total. The standard InChI is InChI=1S/C16H23ClN4O2.2ClH/c17-13-4-1-2-5-14(13)19-15(22)12-20-8-10-21(11-9-20)16(23)6-3-7-18;;/h1-2,4-5H,3,6-12,18H2,(H,19,22);2*1H. The maximum Gasteiger partial charge on any atom is 0.238 e. The maximum absolute atomic E-state index is 12.1. The van der Waals surface area contributed by atoms with Crippen molar-refractivity contribution in [2.45, 2.75) is 12.8 Å². The van der Waals surface area contributed by atoms with Crippen LogP contribution >= 0.6 is 36.4 Å². The van der Waals surface area contributed by atoms with E-state index in [0.29, 0.717) is 56.4 Å². The molecule has 25 heavy (non-hydrogen) atoms. The van der Waals surface area contributed by atoms with Gasteiger partial charge in [-0.2, -0.15) is 0 Å². The van der Waals surface area contributed by atoms with Crippen LogP contribution in [0.3, 0.4) is 0 Å². The number of carbonyl (C=O) groups excluding carboxylic acids is 2. The molecule has 1 aliphatic heterocycles. The second-order valence-electron chi connectivity index (χ2n) is 5.58. The third-order valence-electron chi connectivity index (χ3n) is 3.83. The molecule has 2 rings (SSSR count). The van der Waals surface area contributed by atoms with Crippen LogP contribution in [0.5, 0.6) is 0 Å². The van der Waals surface area contributed by atoms with Crippen LogP contribution in [-0.4, -0.2) is 60.9 Å². The second-order valence-corrected chi connectivity index (χ2v) is 5.98. The summed E-state index contributed by atoms with van der Waals surface area (Å²) in [4.78, 5) is 27.9. The van der Waals surface area contributed by atoms with E-state index in [4.69, 9.17) is 17.3 Å². The number of amides is 2. The molecule has 9 heteroatoms. The first-order valence-corrected chi connectivity index (χ1v) is 8.22. The predicted molar refractivity (Wildman–Crippen MR) is 106 cm³/mol. The molecule has 6 nitrogen and oxygen atoms in total. The van der Waals surface area contributed by atoms with Crippen molar-refractivity contribution in [1.82, 2.24) is 9.80 Å². The van der Waals surface area contributed by atoms with Crippen LogP contribution in [0, 0.1) is 0 Å². The number of carbonyl (C=O) groups is 2. The average Bonchev–Trinajstić information content (AvgIpc) is 2.55. The lowest BCUT2D eigenvalue weighted by molar-refractivity contribution is -0.133. The number of para-hydroxylation sites is 1. The van der Waals surface area contributed by atoms with E-state index in [1.165, 1.54) is 0 Å². The summed E-state index contributed by atoms with van der Waals surface area (Å²) in [5, 5.41) is 3.34. The van der Waals surface area contributed by atoms with Crippen LogP contribution in [0.15, 0.2) is 24.3 Å². The lowest BCUT2D eigenvalue weighted by Crippen LogP contribution is -2.50. The zero-order chi connectivity index (χ0) is 16.7. The van der Waals surface area contributed by atoms with E-state index in [1.807, 2.05) is 21.9 Å². The molecule has 0 radical (unpaired) electrons. The number of anilines is 1. The van der Waals surface area contributed by atoms with Crippen molar-refractivity contribution in [3.8, 4) is 0 Å². The largest absolute Gasteiger partial charge is 0.340 e. The molecule has 142 valence electrons. The van der Waals surface area contributed by atoms with E-state index < -0.39 is 0 Å². The van der Waals surface area contributed by atoms with Gasteiger partial charge in [0.2, 0.25) is 11.8 Å². The molecule has 1 saturated heterocycles. The van der Waals surface area contributed by atoms with Crippen molar-refractivity contribution in [2.75, 3.05) is 44.6 Å². The van der Waals surface area contributed by atoms with E-state index in [0.717, 1.165) is 6.42 Å². The summed E-state index contributed by atoms with van der Waals surface area (Å²) >= 11 is 6.03. The predicted octanol–water partition coefficient (Wildman–Crippen LogP) is 2.01. The monoisotopic (exact) mass is 410 g/mol. The van der Waals surface area contributed by atoms with Gasteiger partial charge in [-0.1, -0.05) is 23.7 Å². The van der Waals surface area contributed by atoms with Crippen molar-refractivity contribution in [3.63, 3.8) is 0 Å². The summed E-state index contributed by atoms with van der Waals surface area (Å²) in [5.74, 6) is 0.0524. The molecule has 0 saturated carbocycles. The summed E-state index contributed by atoms with van der Waals surface area (Å²) in [6.07, 6.45) is 1.22. The molecule has 0 spiro atoms. The minimum Gasteiger partial charge on any atom is -0.340 e. The first kappa shape index (κ1) is 23.9. The quantitative estimate of drug-likeness (QED) is 0.750. The van der Waals surface area contributed by atoms with Gasteiger partial charge in [0, 0.05) is 32.6 Å². The Morgan fingerprint density at radius 1 is 1.12 bits per heavy atom. The Hall–Kier alpha value is -1.05. The van der Waals surface area contributed by atoms with Crippen LogP contribution in [0.25, 0.3) is 0 Å². The Morgan fingerprint density at radius 2 is 1.76 bits per heavy atom. The van der Waals surface area contributed by atoms with Crippen LogP contribution in [0.2, 0.25) is 5.02 Å². The van der Waals surface area contributed by atoms with Crippen molar-refractivity contribution < 1.29 is 9.59 Å². The highest BCUT2D eigenvalue weighted by Crippen LogP contribution is 2.20. The molecule has 0 bridgehead atoms. The molecular formula is C16H25Cl3N4O2. The fourth-order valence-corrected chi connectivity index (χ4v) is 2.71. The van der Waals surface area contributed by atoms with Gasteiger partial charge in [-0.05, 0) is 25.1 Å². The van der Waals surface area contributed by atoms with Gasteiger partial charge in [0.25, 0.3) is 0 Å². The van der Waals surface area contributed by atoms with Crippen molar-refractivity contribution in [1.29, 1.82) is 0 Å². The number of nitrogens with zero attached hydrogens (tertiary/aromatic N) is 2. The minimum atomic E-state index is -0.0963. The highest BCUT2D eigenvalue weighted by atomic mass is 35.5. The smallest absolute Gasteiger partial charge is 0.238 e. The van der Waals surface area contributed by atoms with Gasteiger partial charge in [0.15, 0.2) is 0 Å². The first-order chi connectivity index (χ1) is 11.1. The fourth-order valence-electron chi connectivity index (χ4n) is 2.52. The summed E-state index contributed by atoms with van der Waals surface area (Å²) in [6.45, 7) is 3.55. The van der Waals surface area contributed by atoms with Crippen LogP contribution in [-0.2, 0) is 9.59 Å². The summed E-state index contributed by atoms with van der Waals surface area (Å²) in [5.41, 5.74) is 6.04. The van der Waals surface area contributed by atoms with Gasteiger partial charge in [-0.3, -0.25) is 14.5 Å². The summed E-state index contributed by atoms with van der Waals surface area (Å²) in [6, 6.07) is 7.16. The second kappa shape index (κ2) is 12.3. The lowest BCUT2D eigenvalue weighted by atomic mass is 10.2. The number of piperazine rings is 1. The van der Waals surface area contributed by atoms with Gasteiger partial charge in [0.05, 0.1) is 17.3 Å². The Bertz CT molecular complexity index is 552. The Labute approximate surface area is 165 Å². The Morgan fingerprint density at radius 3 is 2.36 bits per heavy atom. The van der Waals surface area contributed by atoms with Gasteiger partial charge >= 0.3 is 0 Å². The molecule has 0 atom stereocenters. The fraction of sp³-hybridized carbons (Fsp3) is 0.500. The zero-order valence-electron chi connectivity index (χ0n) is 13.9. The van der Waals surface area contributed by atoms with Crippen LogP contribution < -0.4 is 11.1 Å². The summed E-state index contributed by atoms with van der Waals surface area (Å²) < 4.78 is 0.